The second-order valence-electron chi connectivity index (χ2n) is 7.64. The zero-order valence-electron chi connectivity index (χ0n) is 18.2. The summed E-state index contributed by atoms with van der Waals surface area (Å²) in [5.41, 5.74) is 1.54. The standard InChI is InChI=1S/C23H24N2O4S4/c1-2-29-22(28)19-15-8-3-4-9-16(15)32-20(19)24-18(26)10-5-11-25-21(27)17(33-23(25)30)13-14-7-6-12-31-14/h6-7,12-13H,2-5,8-11H2,1H3,(H,24,26). The maximum Gasteiger partial charge on any atom is 0.341 e. The van der Waals surface area contributed by atoms with Gasteiger partial charge in [0, 0.05) is 22.7 Å². The maximum atomic E-state index is 12.7. The van der Waals surface area contributed by atoms with E-state index in [1.165, 1.54) is 23.1 Å². The van der Waals surface area contributed by atoms with Crippen LogP contribution in [0.25, 0.3) is 6.08 Å². The van der Waals surface area contributed by atoms with Gasteiger partial charge in [0.05, 0.1) is 17.1 Å². The Morgan fingerprint density at radius 3 is 2.88 bits per heavy atom. The van der Waals surface area contributed by atoms with Crippen molar-refractivity contribution in [3.05, 3.63) is 43.3 Å². The van der Waals surface area contributed by atoms with Crippen molar-refractivity contribution >= 4 is 79.8 Å². The molecule has 4 rings (SSSR count). The molecule has 0 radical (unpaired) electrons. The lowest BCUT2D eigenvalue weighted by molar-refractivity contribution is -0.122. The molecule has 0 spiro atoms. The number of carbonyl (C=O) groups is 3. The fourth-order valence-corrected chi connectivity index (χ4v) is 7.18. The van der Waals surface area contributed by atoms with Crippen LogP contribution in [0.5, 0.6) is 0 Å². The number of thiocarbonyl (C=S) groups is 1. The first kappa shape index (κ1) is 24.1. The fraction of sp³-hybridized carbons (Fsp3) is 0.391. The Morgan fingerprint density at radius 1 is 1.30 bits per heavy atom. The molecule has 1 aliphatic heterocycles. The van der Waals surface area contributed by atoms with Gasteiger partial charge in [0.2, 0.25) is 5.91 Å². The number of hydrogen-bond acceptors (Lipinski definition) is 8. The fourth-order valence-electron chi connectivity index (χ4n) is 3.86. The molecule has 0 bridgehead atoms. The highest BCUT2D eigenvalue weighted by Crippen LogP contribution is 2.39. The van der Waals surface area contributed by atoms with Gasteiger partial charge in [-0.05, 0) is 62.1 Å². The third-order valence-corrected chi connectivity index (χ3v) is 8.78. The van der Waals surface area contributed by atoms with Crippen LogP contribution >= 0.6 is 46.7 Å². The van der Waals surface area contributed by atoms with E-state index in [0.29, 0.717) is 39.4 Å². The van der Waals surface area contributed by atoms with Crippen molar-refractivity contribution < 1.29 is 19.1 Å². The highest BCUT2D eigenvalue weighted by atomic mass is 32.2. The minimum absolute atomic E-state index is 0.116. The molecule has 2 aromatic rings. The summed E-state index contributed by atoms with van der Waals surface area (Å²) in [5, 5.41) is 5.46. The van der Waals surface area contributed by atoms with Crippen molar-refractivity contribution in [3.8, 4) is 0 Å². The summed E-state index contributed by atoms with van der Waals surface area (Å²) in [6.07, 6.45) is 6.45. The van der Waals surface area contributed by atoms with Gasteiger partial charge in [0.15, 0.2) is 0 Å². The zero-order chi connectivity index (χ0) is 23.4. The summed E-state index contributed by atoms with van der Waals surface area (Å²) >= 11 is 9.71. The predicted molar refractivity (Wildman–Crippen MR) is 139 cm³/mol. The number of rotatable bonds is 8. The van der Waals surface area contributed by atoms with Crippen LogP contribution in [0, 0.1) is 0 Å². The van der Waals surface area contributed by atoms with Crippen molar-refractivity contribution in [2.75, 3.05) is 18.5 Å². The Hall–Kier alpha value is -2.01. The third-order valence-electron chi connectivity index (χ3n) is 5.38. The van der Waals surface area contributed by atoms with Crippen molar-refractivity contribution in [2.24, 2.45) is 0 Å². The number of hydrogen-bond donors (Lipinski definition) is 1. The highest BCUT2D eigenvalue weighted by molar-refractivity contribution is 8.26. The molecule has 174 valence electrons. The minimum atomic E-state index is -0.373. The van der Waals surface area contributed by atoms with Gasteiger partial charge < -0.3 is 10.1 Å². The molecule has 33 heavy (non-hydrogen) atoms. The molecule has 1 fully saturated rings. The average molecular weight is 521 g/mol. The maximum absolute atomic E-state index is 12.7. The number of amides is 2. The number of thioether (sulfide) groups is 1. The van der Waals surface area contributed by atoms with Gasteiger partial charge in [-0.15, -0.1) is 22.7 Å². The Labute approximate surface area is 210 Å². The van der Waals surface area contributed by atoms with E-state index in [4.69, 9.17) is 17.0 Å². The number of aryl methyl sites for hydroxylation is 1. The Kier molecular flexibility index (Phi) is 8.00. The van der Waals surface area contributed by atoms with Crippen LogP contribution < -0.4 is 5.32 Å². The molecule has 6 nitrogen and oxygen atoms in total. The van der Waals surface area contributed by atoms with Gasteiger partial charge in [0.1, 0.15) is 9.32 Å². The normalized spacial score (nSPS) is 16.9. The lowest BCUT2D eigenvalue weighted by atomic mass is 9.95. The Bertz CT molecular complexity index is 1100. The summed E-state index contributed by atoms with van der Waals surface area (Å²) < 4.78 is 5.76. The lowest BCUT2D eigenvalue weighted by Crippen LogP contribution is -2.29. The summed E-state index contributed by atoms with van der Waals surface area (Å²) in [6, 6.07) is 3.89. The second kappa shape index (κ2) is 10.9. The molecule has 10 heteroatoms. The molecule has 1 aliphatic carbocycles. The predicted octanol–water partition coefficient (Wildman–Crippen LogP) is 5.49. The van der Waals surface area contributed by atoms with E-state index in [-0.39, 0.29) is 24.2 Å². The largest absolute Gasteiger partial charge is 0.462 e. The average Bonchev–Trinajstić information content (AvgIpc) is 3.48. The van der Waals surface area contributed by atoms with Gasteiger partial charge in [0.25, 0.3) is 5.91 Å². The molecule has 0 atom stereocenters. The molecular weight excluding hydrogens is 497 g/mol. The molecule has 1 N–H and O–H groups in total. The molecule has 0 unspecified atom stereocenters. The first-order valence-electron chi connectivity index (χ1n) is 10.9. The van der Waals surface area contributed by atoms with Crippen molar-refractivity contribution in [1.82, 2.24) is 4.90 Å². The summed E-state index contributed by atoms with van der Waals surface area (Å²) in [5.74, 6) is -0.671. The topological polar surface area (TPSA) is 75.7 Å². The highest BCUT2D eigenvalue weighted by Gasteiger charge is 2.32. The number of thiophene rings is 2. The van der Waals surface area contributed by atoms with E-state index in [0.717, 1.165) is 41.0 Å². The summed E-state index contributed by atoms with van der Waals surface area (Å²) in [6.45, 7) is 2.45. The van der Waals surface area contributed by atoms with Crippen molar-refractivity contribution in [1.29, 1.82) is 0 Å². The first-order chi connectivity index (χ1) is 16.0. The van der Waals surface area contributed by atoms with Crippen LogP contribution in [0.3, 0.4) is 0 Å². The molecular formula is C23H24N2O4S4. The number of nitrogens with one attached hydrogen (secondary N) is 1. The summed E-state index contributed by atoms with van der Waals surface area (Å²) in [4.78, 5) is 42.3. The molecule has 2 amide bonds. The monoisotopic (exact) mass is 520 g/mol. The Morgan fingerprint density at radius 2 is 2.12 bits per heavy atom. The minimum Gasteiger partial charge on any atom is -0.462 e. The van der Waals surface area contributed by atoms with E-state index >= 15 is 0 Å². The first-order valence-corrected chi connectivity index (χ1v) is 13.8. The number of anilines is 1. The van der Waals surface area contributed by atoms with Crippen LogP contribution in [-0.2, 0) is 27.2 Å². The number of nitrogens with zero attached hydrogens (tertiary/aromatic N) is 1. The molecule has 2 aliphatic rings. The molecule has 0 aromatic carbocycles. The van der Waals surface area contributed by atoms with Gasteiger partial charge >= 0.3 is 5.97 Å². The van der Waals surface area contributed by atoms with E-state index in [1.807, 2.05) is 23.6 Å². The molecule has 3 heterocycles. The van der Waals surface area contributed by atoms with E-state index in [1.54, 1.807) is 23.2 Å². The smallest absolute Gasteiger partial charge is 0.341 e. The number of fused-ring (bicyclic) bond motifs is 1. The van der Waals surface area contributed by atoms with Crippen LogP contribution in [0.4, 0.5) is 5.00 Å². The van der Waals surface area contributed by atoms with Gasteiger partial charge in [-0.3, -0.25) is 14.5 Å². The van der Waals surface area contributed by atoms with E-state index in [9.17, 15) is 14.4 Å². The quantitative estimate of drug-likeness (QED) is 0.282. The number of ether oxygens (including phenoxy) is 1. The van der Waals surface area contributed by atoms with Crippen LogP contribution in [0.1, 0.15) is 58.3 Å². The van der Waals surface area contributed by atoms with Crippen molar-refractivity contribution in [2.45, 2.75) is 45.4 Å². The van der Waals surface area contributed by atoms with Crippen molar-refractivity contribution in [3.63, 3.8) is 0 Å². The molecule has 0 saturated carbocycles. The van der Waals surface area contributed by atoms with Crippen LogP contribution in [0.2, 0.25) is 0 Å². The Balaban J connectivity index is 1.36. The molecule has 2 aromatic heterocycles. The van der Waals surface area contributed by atoms with E-state index in [2.05, 4.69) is 5.32 Å². The van der Waals surface area contributed by atoms with Crippen LogP contribution in [0.15, 0.2) is 22.4 Å². The second-order valence-corrected chi connectivity index (χ2v) is 11.4. The van der Waals surface area contributed by atoms with Crippen LogP contribution in [-0.4, -0.2) is 40.2 Å². The molecule has 1 saturated heterocycles. The zero-order valence-corrected chi connectivity index (χ0v) is 21.4. The third kappa shape index (κ3) is 5.56. The van der Waals surface area contributed by atoms with E-state index < -0.39 is 0 Å². The SMILES string of the molecule is CCOC(=O)c1c(NC(=O)CCCN2C(=O)C(=Cc3cccs3)SC2=S)sc2c1CCCC2. The number of carbonyl (C=O) groups excluding carboxylic acids is 3. The van der Waals surface area contributed by atoms with Gasteiger partial charge in [-0.25, -0.2) is 4.79 Å². The van der Waals surface area contributed by atoms with Gasteiger partial charge in [-0.2, -0.15) is 0 Å². The van der Waals surface area contributed by atoms with Gasteiger partial charge in [-0.1, -0.05) is 30.0 Å². The summed E-state index contributed by atoms with van der Waals surface area (Å²) in [7, 11) is 0. The number of esters is 1. The lowest BCUT2D eigenvalue weighted by Gasteiger charge is -2.14.